The standard InChI is InChI=1S/C14H12ClNO3S2/c15-11-4-2-1-3-9(11)6-16-13(17)8-20-10-5-12(14(18)19)21-7-10/h1-5,7H,6,8H2,(H,16,17)(H,18,19). The third-order valence-electron chi connectivity index (χ3n) is 2.59. The van der Waals surface area contributed by atoms with Crippen molar-refractivity contribution in [1.82, 2.24) is 5.32 Å². The molecule has 7 heteroatoms. The zero-order valence-electron chi connectivity index (χ0n) is 10.8. The Hall–Kier alpha value is -1.50. The highest BCUT2D eigenvalue weighted by Gasteiger charge is 2.09. The summed E-state index contributed by atoms with van der Waals surface area (Å²) in [5.74, 6) is -0.835. The van der Waals surface area contributed by atoms with Crippen LogP contribution in [0.1, 0.15) is 15.2 Å². The van der Waals surface area contributed by atoms with Crippen molar-refractivity contribution in [2.45, 2.75) is 11.4 Å². The van der Waals surface area contributed by atoms with E-state index < -0.39 is 5.97 Å². The maximum absolute atomic E-state index is 11.8. The quantitative estimate of drug-likeness (QED) is 0.789. The summed E-state index contributed by atoms with van der Waals surface area (Å²) in [6.07, 6.45) is 0. The molecule has 0 atom stereocenters. The fourth-order valence-electron chi connectivity index (χ4n) is 1.54. The van der Waals surface area contributed by atoms with Gasteiger partial charge in [0.05, 0.1) is 5.75 Å². The van der Waals surface area contributed by atoms with E-state index in [4.69, 9.17) is 16.7 Å². The topological polar surface area (TPSA) is 66.4 Å². The first kappa shape index (κ1) is 15.9. The summed E-state index contributed by atoms with van der Waals surface area (Å²) >= 11 is 8.46. The lowest BCUT2D eigenvalue weighted by Gasteiger charge is -2.06. The highest BCUT2D eigenvalue weighted by Crippen LogP contribution is 2.24. The maximum atomic E-state index is 11.8. The van der Waals surface area contributed by atoms with E-state index in [0.717, 1.165) is 21.8 Å². The molecule has 2 aromatic rings. The molecule has 0 spiro atoms. The first-order chi connectivity index (χ1) is 10.1. The summed E-state index contributed by atoms with van der Waals surface area (Å²) in [4.78, 5) is 23.6. The van der Waals surface area contributed by atoms with E-state index in [1.54, 1.807) is 17.5 Å². The maximum Gasteiger partial charge on any atom is 0.345 e. The first-order valence-electron chi connectivity index (χ1n) is 6.01. The molecule has 4 nitrogen and oxygen atoms in total. The van der Waals surface area contributed by atoms with E-state index in [2.05, 4.69) is 5.32 Å². The number of thioether (sulfide) groups is 1. The minimum absolute atomic E-state index is 0.122. The third-order valence-corrected chi connectivity index (χ3v) is 5.00. The number of halogens is 1. The largest absolute Gasteiger partial charge is 0.477 e. The number of hydrogen-bond acceptors (Lipinski definition) is 4. The van der Waals surface area contributed by atoms with Crippen LogP contribution in [0.2, 0.25) is 5.02 Å². The lowest BCUT2D eigenvalue weighted by molar-refractivity contribution is -0.118. The Balaban J connectivity index is 1.79. The summed E-state index contributed by atoms with van der Waals surface area (Å²) < 4.78 is 0. The highest BCUT2D eigenvalue weighted by atomic mass is 35.5. The molecule has 0 aliphatic heterocycles. The van der Waals surface area contributed by atoms with Crippen LogP contribution in [0.25, 0.3) is 0 Å². The Labute approximate surface area is 135 Å². The number of rotatable bonds is 6. The van der Waals surface area contributed by atoms with Crippen molar-refractivity contribution in [3.63, 3.8) is 0 Å². The Bertz CT molecular complexity index is 657. The van der Waals surface area contributed by atoms with Gasteiger partial charge in [0.25, 0.3) is 0 Å². The van der Waals surface area contributed by atoms with Crippen LogP contribution in [0.5, 0.6) is 0 Å². The van der Waals surface area contributed by atoms with Crippen LogP contribution in [0, 0.1) is 0 Å². The van der Waals surface area contributed by atoms with Crippen molar-refractivity contribution < 1.29 is 14.7 Å². The van der Waals surface area contributed by atoms with Gasteiger partial charge in [0.2, 0.25) is 5.91 Å². The molecule has 110 valence electrons. The molecule has 21 heavy (non-hydrogen) atoms. The molecule has 1 aromatic heterocycles. The summed E-state index contributed by atoms with van der Waals surface area (Å²) in [6.45, 7) is 0.378. The predicted molar refractivity (Wildman–Crippen MR) is 85.3 cm³/mol. The fourth-order valence-corrected chi connectivity index (χ4v) is 3.44. The van der Waals surface area contributed by atoms with Gasteiger partial charge < -0.3 is 10.4 Å². The van der Waals surface area contributed by atoms with Crippen molar-refractivity contribution in [1.29, 1.82) is 0 Å². The smallest absolute Gasteiger partial charge is 0.345 e. The average Bonchev–Trinajstić information content (AvgIpc) is 2.93. The number of carbonyl (C=O) groups is 2. The third kappa shape index (κ3) is 4.77. The summed E-state index contributed by atoms with van der Waals surface area (Å²) in [6, 6.07) is 8.89. The van der Waals surface area contributed by atoms with Gasteiger partial charge in [0.1, 0.15) is 4.88 Å². The molecule has 0 saturated carbocycles. The van der Waals surface area contributed by atoms with Crippen LogP contribution >= 0.6 is 34.7 Å². The van der Waals surface area contributed by atoms with Crippen LogP contribution < -0.4 is 5.32 Å². The van der Waals surface area contributed by atoms with Gasteiger partial charge in [-0.2, -0.15) is 0 Å². The molecular formula is C14H12ClNO3S2. The number of hydrogen-bond donors (Lipinski definition) is 2. The molecular weight excluding hydrogens is 330 g/mol. The SMILES string of the molecule is O=C(CSc1csc(C(=O)O)c1)NCc1ccccc1Cl. The number of amides is 1. The molecule has 1 heterocycles. The number of thiophene rings is 1. The summed E-state index contributed by atoms with van der Waals surface area (Å²) in [5.41, 5.74) is 0.862. The van der Waals surface area contributed by atoms with Gasteiger partial charge in [-0.3, -0.25) is 4.79 Å². The van der Waals surface area contributed by atoms with Crippen LogP contribution in [0.4, 0.5) is 0 Å². The van der Waals surface area contributed by atoms with Gasteiger partial charge in [0.15, 0.2) is 0 Å². The summed E-state index contributed by atoms with van der Waals surface area (Å²) in [5, 5.41) is 14.0. The van der Waals surface area contributed by atoms with Gasteiger partial charge >= 0.3 is 5.97 Å². The zero-order valence-corrected chi connectivity index (χ0v) is 13.2. The number of carboxylic acids is 1. The highest BCUT2D eigenvalue weighted by molar-refractivity contribution is 8.00. The first-order valence-corrected chi connectivity index (χ1v) is 8.25. The van der Waals surface area contributed by atoms with E-state index in [-0.39, 0.29) is 16.5 Å². The minimum Gasteiger partial charge on any atom is -0.477 e. The molecule has 1 aromatic carbocycles. The predicted octanol–water partition coefficient (Wildman–Crippen LogP) is 3.51. The zero-order chi connectivity index (χ0) is 15.2. The molecule has 0 radical (unpaired) electrons. The number of carboxylic acid groups (broad SMARTS) is 1. The number of aromatic carboxylic acids is 1. The minimum atomic E-state index is -0.949. The van der Waals surface area contributed by atoms with Crippen LogP contribution in [-0.2, 0) is 11.3 Å². The second-order valence-corrected chi connectivity index (χ2v) is 6.48. The Morgan fingerprint density at radius 1 is 1.33 bits per heavy atom. The van der Waals surface area contributed by atoms with Crippen molar-refractivity contribution in [3.05, 3.63) is 51.2 Å². The van der Waals surface area contributed by atoms with Crippen molar-refractivity contribution in [2.75, 3.05) is 5.75 Å². The van der Waals surface area contributed by atoms with Gasteiger partial charge in [0, 0.05) is 21.8 Å². The van der Waals surface area contributed by atoms with Crippen LogP contribution in [-0.4, -0.2) is 22.7 Å². The number of nitrogens with one attached hydrogen (secondary N) is 1. The second kappa shape index (κ2) is 7.49. The van der Waals surface area contributed by atoms with E-state index in [9.17, 15) is 9.59 Å². The Morgan fingerprint density at radius 3 is 2.76 bits per heavy atom. The van der Waals surface area contributed by atoms with Gasteiger partial charge in [-0.15, -0.1) is 23.1 Å². The Kier molecular flexibility index (Phi) is 5.67. The van der Waals surface area contributed by atoms with Crippen LogP contribution in [0.3, 0.4) is 0 Å². The lowest BCUT2D eigenvalue weighted by Crippen LogP contribution is -2.24. The van der Waals surface area contributed by atoms with E-state index in [0.29, 0.717) is 11.6 Å². The summed E-state index contributed by atoms with van der Waals surface area (Å²) in [7, 11) is 0. The molecule has 0 fully saturated rings. The fraction of sp³-hybridized carbons (Fsp3) is 0.143. The van der Waals surface area contributed by atoms with E-state index >= 15 is 0 Å². The normalized spacial score (nSPS) is 10.3. The van der Waals surface area contributed by atoms with Crippen molar-refractivity contribution >= 4 is 46.6 Å². The number of benzene rings is 1. The molecule has 0 saturated heterocycles. The Morgan fingerprint density at radius 2 is 2.10 bits per heavy atom. The van der Waals surface area contributed by atoms with Gasteiger partial charge in [-0.25, -0.2) is 4.79 Å². The van der Waals surface area contributed by atoms with Crippen molar-refractivity contribution in [3.8, 4) is 0 Å². The molecule has 2 rings (SSSR count). The molecule has 2 N–H and O–H groups in total. The molecule has 0 bridgehead atoms. The van der Waals surface area contributed by atoms with E-state index in [1.165, 1.54) is 11.8 Å². The average molecular weight is 342 g/mol. The van der Waals surface area contributed by atoms with Gasteiger partial charge in [-0.1, -0.05) is 29.8 Å². The second-order valence-electron chi connectivity index (χ2n) is 4.11. The van der Waals surface area contributed by atoms with Gasteiger partial charge in [-0.05, 0) is 17.7 Å². The lowest BCUT2D eigenvalue weighted by atomic mass is 10.2. The van der Waals surface area contributed by atoms with Crippen molar-refractivity contribution in [2.24, 2.45) is 0 Å². The van der Waals surface area contributed by atoms with E-state index in [1.807, 2.05) is 18.2 Å². The monoisotopic (exact) mass is 341 g/mol. The molecule has 1 amide bonds. The molecule has 0 aliphatic carbocycles. The number of carbonyl (C=O) groups excluding carboxylic acids is 1. The molecule has 0 unspecified atom stereocenters. The van der Waals surface area contributed by atoms with Crippen LogP contribution in [0.15, 0.2) is 40.6 Å². The molecule has 0 aliphatic rings.